The fraction of sp³-hybridized carbons (Fsp3) is 0.667. The van der Waals surface area contributed by atoms with Gasteiger partial charge in [0.15, 0.2) is 0 Å². The molecule has 2 atom stereocenters. The number of aromatic hydroxyl groups is 1. The number of hydrogen-bond acceptors (Lipinski definition) is 3. The number of benzene rings is 1. The summed E-state index contributed by atoms with van der Waals surface area (Å²) in [6.07, 6.45) is 6.36. The Balaban J connectivity index is 2.21. The van der Waals surface area contributed by atoms with Crippen molar-refractivity contribution >= 4 is 5.69 Å². The van der Waals surface area contributed by atoms with E-state index in [0.29, 0.717) is 11.8 Å². The van der Waals surface area contributed by atoms with Gasteiger partial charge in [-0.25, -0.2) is 0 Å². The third kappa shape index (κ3) is 3.91. The lowest BCUT2D eigenvalue weighted by Gasteiger charge is -2.32. The first-order valence-corrected chi connectivity index (χ1v) is 8.50. The number of nitrogens with zero attached hydrogens (tertiary/aromatic N) is 1. The molecule has 1 aliphatic rings. The lowest BCUT2D eigenvalue weighted by molar-refractivity contribution is 0.454. The van der Waals surface area contributed by atoms with Gasteiger partial charge < -0.3 is 15.3 Å². The number of phenolic OH excluding ortho intramolecular Hbond substituents is 1. The third-order valence-corrected chi connectivity index (χ3v) is 4.67. The second-order valence-corrected chi connectivity index (χ2v) is 6.13. The van der Waals surface area contributed by atoms with E-state index >= 15 is 0 Å². The Kier molecular flexibility index (Phi) is 5.92. The maximum absolute atomic E-state index is 10.4. The summed E-state index contributed by atoms with van der Waals surface area (Å²) in [5.41, 5.74) is 2.16. The summed E-state index contributed by atoms with van der Waals surface area (Å²) in [6.45, 7) is 8.47. The summed E-state index contributed by atoms with van der Waals surface area (Å²) in [7, 11) is 0. The number of nitrogens with one attached hydrogen (secondary N) is 1. The molecule has 3 nitrogen and oxygen atoms in total. The first-order chi connectivity index (χ1) is 10.2. The van der Waals surface area contributed by atoms with Crippen LogP contribution in [0.5, 0.6) is 5.75 Å². The summed E-state index contributed by atoms with van der Waals surface area (Å²) in [5.74, 6) is 0.417. The molecule has 0 spiro atoms. The first kappa shape index (κ1) is 16.2. The van der Waals surface area contributed by atoms with Crippen LogP contribution in [0.3, 0.4) is 0 Å². The minimum atomic E-state index is 0.190. The van der Waals surface area contributed by atoms with E-state index in [4.69, 9.17) is 0 Å². The number of phenols is 1. The Morgan fingerprint density at radius 2 is 2.10 bits per heavy atom. The molecule has 0 saturated carbocycles. The van der Waals surface area contributed by atoms with Crippen molar-refractivity contribution in [2.75, 3.05) is 18.0 Å². The van der Waals surface area contributed by atoms with Crippen LogP contribution in [0.15, 0.2) is 18.2 Å². The van der Waals surface area contributed by atoms with Gasteiger partial charge in [-0.15, -0.1) is 0 Å². The van der Waals surface area contributed by atoms with Gasteiger partial charge in [0.2, 0.25) is 0 Å². The van der Waals surface area contributed by atoms with Gasteiger partial charge in [-0.05, 0) is 38.8 Å². The molecule has 2 N–H and O–H groups in total. The van der Waals surface area contributed by atoms with Crippen LogP contribution in [0, 0.1) is 0 Å². The molecule has 0 aromatic heterocycles. The van der Waals surface area contributed by atoms with E-state index in [1.807, 2.05) is 6.07 Å². The first-order valence-electron chi connectivity index (χ1n) is 8.50. The maximum atomic E-state index is 10.4. The van der Waals surface area contributed by atoms with Crippen molar-refractivity contribution < 1.29 is 5.11 Å². The van der Waals surface area contributed by atoms with Crippen LogP contribution >= 0.6 is 0 Å². The highest BCUT2D eigenvalue weighted by molar-refractivity contribution is 5.54. The van der Waals surface area contributed by atoms with E-state index in [1.165, 1.54) is 37.8 Å². The molecule has 1 aliphatic heterocycles. The van der Waals surface area contributed by atoms with Crippen LogP contribution in [0.1, 0.15) is 64.5 Å². The standard InChI is InChI=1S/C18H30N2O/c1-4-15-9-7-6-8-12-20(15)16-10-11-17(18(21)13-16)14(3)19-5-2/h10-11,13-15,19,21H,4-9,12H2,1-3H3. The number of hydrogen-bond donors (Lipinski definition) is 2. The van der Waals surface area contributed by atoms with Crippen LogP contribution in [-0.4, -0.2) is 24.2 Å². The van der Waals surface area contributed by atoms with Crippen molar-refractivity contribution in [1.29, 1.82) is 0 Å². The smallest absolute Gasteiger partial charge is 0.122 e. The second-order valence-electron chi connectivity index (χ2n) is 6.13. The van der Waals surface area contributed by atoms with Crippen LogP contribution in [0.25, 0.3) is 0 Å². The van der Waals surface area contributed by atoms with Crippen LogP contribution in [-0.2, 0) is 0 Å². The van der Waals surface area contributed by atoms with Gasteiger partial charge in [0.05, 0.1) is 0 Å². The van der Waals surface area contributed by atoms with Crippen molar-refractivity contribution in [3.63, 3.8) is 0 Å². The van der Waals surface area contributed by atoms with Gasteiger partial charge in [0.1, 0.15) is 5.75 Å². The zero-order valence-corrected chi connectivity index (χ0v) is 13.7. The Morgan fingerprint density at radius 1 is 1.29 bits per heavy atom. The van der Waals surface area contributed by atoms with E-state index in [1.54, 1.807) is 0 Å². The highest BCUT2D eigenvalue weighted by Gasteiger charge is 2.21. The molecular weight excluding hydrogens is 260 g/mol. The van der Waals surface area contributed by atoms with Crippen LogP contribution in [0.4, 0.5) is 5.69 Å². The van der Waals surface area contributed by atoms with Crippen molar-refractivity contribution in [1.82, 2.24) is 5.32 Å². The minimum Gasteiger partial charge on any atom is -0.508 e. The predicted octanol–water partition coefficient (Wildman–Crippen LogP) is 4.22. The average Bonchev–Trinajstić information content (AvgIpc) is 2.72. The third-order valence-electron chi connectivity index (χ3n) is 4.67. The van der Waals surface area contributed by atoms with Gasteiger partial charge in [-0.2, -0.15) is 0 Å². The summed E-state index contributed by atoms with van der Waals surface area (Å²) in [5, 5.41) is 13.7. The molecule has 0 aliphatic carbocycles. The van der Waals surface area contributed by atoms with Gasteiger partial charge in [-0.1, -0.05) is 32.8 Å². The van der Waals surface area contributed by atoms with Gasteiger partial charge in [-0.3, -0.25) is 0 Å². The highest BCUT2D eigenvalue weighted by atomic mass is 16.3. The quantitative estimate of drug-likeness (QED) is 0.852. The molecule has 0 radical (unpaired) electrons. The van der Waals surface area contributed by atoms with Crippen LogP contribution < -0.4 is 10.2 Å². The monoisotopic (exact) mass is 290 g/mol. The summed E-state index contributed by atoms with van der Waals surface area (Å²) in [4.78, 5) is 2.49. The highest BCUT2D eigenvalue weighted by Crippen LogP contribution is 2.32. The molecule has 3 heteroatoms. The second kappa shape index (κ2) is 7.69. The van der Waals surface area contributed by atoms with E-state index in [0.717, 1.165) is 18.7 Å². The summed E-state index contributed by atoms with van der Waals surface area (Å²) >= 11 is 0. The molecule has 1 heterocycles. The molecule has 0 bridgehead atoms. The van der Waals surface area contributed by atoms with Crippen molar-refractivity contribution in [3.05, 3.63) is 23.8 Å². The van der Waals surface area contributed by atoms with Gasteiger partial charge in [0.25, 0.3) is 0 Å². The largest absolute Gasteiger partial charge is 0.508 e. The molecule has 118 valence electrons. The minimum absolute atomic E-state index is 0.190. The van der Waals surface area contributed by atoms with Crippen molar-refractivity contribution in [2.24, 2.45) is 0 Å². The zero-order valence-electron chi connectivity index (χ0n) is 13.7. The Morgan fingerprint density at radius 3 is 2.76 bits per heavy atom. The van der Waals surface area contributed by atoms with Crippen molar-refractivity contribution in [3.8, 4) is 5.75 Å². The Labute approximate surface area is 129 Å². The molecule has 21 heavy (non-hydrogen) atoms. The SMILES string of the molecule is CCNC(C)c1ccc(N2CCCCCC2CC)cc1O. The zero-order chi connectivity index (χ0) is 15.2. The Bertz CT molecular complexity index is 447. The molecule has 1 aromatic rings. The molecule has 0 amide bonds. The number of anilines is 1. The number of rotatable bonds is 5. The normalized spacial score (nSPS) is 21.1. The molecular formula is C18H30N2O. The average molecular weight is 290 g/mol. The van der Waals surface area contributed by atoms with E-state index in [9.17, 15) is 5.11 Å². The van der Waals surface area contributed by atoms with E-state index in [-0.39, 0.29) is 6.04 Å². The Hall–Kier alpha value is -1.22. The van der Waals surface area contributed by atoms with Crippen LogP contribution in [0.2, 0.25) is 0 Å². The van der Waals surface area contributed by atoms with Gasteiger partial charge >= 0.3 is 0 Å². The molecule has 1 saturated heterocycles. The molecule has 2 unspecified atom stereocenters. The maximum Gasteiger partial charge on any atom is 0.122 e. The molecule has 2 rings (SSSR count). The fourth-order valence-corrected chi connectivity index (χ4v) is 3.43. The lowest BCUT2D eigenvalue weighted by Crippen LogP contribution is -2.34. The van der Waals surface area contributed by atoms with E-state index in [2.05, 4.69) is 43.1 Å². The molecule has 1 fully saturated rings. The predicted molar refractivity (Wildman–Crippen MR) is 90.1 cm³/mol. The van der Waals surface area contributed by atoms with Crippen molar-refractivity contribution in [2.45, 2.75) is 65.0 Å². The molecule has 1 aromatic carbocycles. The summed E-state index contributed by atoms with van der Waals surface area (Å²) in [6, 6.07) is 7.02. The van der Waals surface area contributed by atoms with Gasteiger partial charge in [0, 0.05) is 35.9 Å². The lowest BCUT2D eigenvalue weighted by atomic mass is 10.0. The van der Waals surface area contributed by atoms with E-state index < -0.39 is 0 Å². The topological polar surface area (TPSA) is 35.5 Å². The summed E-state index contributed by atoms with van der Waals surface area (Å²) < 4.78 is 0. The fourth-order valence-electron chi connectivity index (χ4n) is 3.43.